The number of rotatable bonds is 3. The summed E-state index contributed by atoms with van der Waals surface area (Å²) in [6.07, 6.45) is 6.68. The molecule has 29 heavy (non-hydrogen) atoms. The van der Waals surface area contributed by atoms with Gasteiger partial charge in [-0.25, -0.2) is 0 Å². The number of likely N-dealkylation sites (tertiary alicyclic amines) is 1. The van der Waals surface area contributed by atoms with E-state index in [2.05, 4.69) is 18.2 Å². The van der Waals surface area contributed by atoms with Crippen molar-refractivity contribution in [3.8, 4) is 5.75 Å². The van der Waals surface area contributed by atoms with Crippen LogP contribution in [0.4, 0.5) is 0 Å². The fourth-order valence-electron chi connectivity index (χ4n) is 5.40. The van der Waals surface area contributed by atoms with Crippen LogP contribution in [0.1, 0.15) is 36.8 Å². The second-order valence-electron chi connectivity index (χ2n) is 9.19. The van der Waals surface area contributed by atoms with Gasteiger partial charge in [-0.3, -0.25) is 14.5 Å². The highest BCUT2D eigenvalue weighted by Crippen LogP contribution is 2.54. The van der Waals surface area contributed by atoms with Crippen LogP contribution in [-0.4, -0.2) is 66.1 Å². The topological polar surface area (TPSA) is 70.1 Å². The molecule has 0 bridgehead atoms. The summed E-state index contributed by atoms with van der Waals surface area (Å²) >= 11 is 0. The molecule has 2 unspecified atom stereocenters. The zero-order valence-electron chi connectivity index (χ0n) is 16.9. The molecule has 1 aliphatic carbocycles. The maximum atomic E-state index is 13.3. The third kappa shape index (κ3) is 3.33. The Morgan fingerprint density at radius 3 is 2.76 bits per heavy atom. The third-order valence-corrected chi connectivity index (χ3v) is 7.20. The number of nitrogens with zero attached hydrogens (tertiary/aromatic N) is 2. The normalized spacial score (nSPS) is 27.9. The summed E-state index contributed by atoms with van der Waals surface area (Å²) < 4.78 is 5.59. The number of piperidine rings is 1. The Bertz CT molecular complexity index is 889. The monoisotopic (exact) mass is 396 g/mol. The largest absolute Gasteiger partial charge is 0.493 e. The van der Waals surface area contributed by atoms with Crippen molar-refractivity contribution in [2.75, 3.05) is 33.3 Å². The molecule has 3 heterocycles. The minimum atomic E-state index is -0.838. The summed E-state index contributed by atoms with van der Waals surface area (Å²) in [5.74, 6) is -0.496. The Labute approximate surface area is 171 Å². The number of ether oxygens (including phenoxy) is 1. The SMILES string of the molecule is CN1CC2(CC2)CC(C(=O)O)C1C(=O)N1CC=C(c2ccc3c(c2)CCO3)CC1. The van der Waals surface area contributed by atoms with Crippen molar-refractivity contribution in [2.24, 2.45) is 11.3 Å². The summed E-state index contributed by atoms with van der Waals surface area (Å²) in [6.45, 7) is 2.77. The van der Waals surface area contributed by atoms with E-state index in [1.54, 1.807) is 0 Å². The van der Waals surface area contributed by atoms with Crippen LogP contribution in [0.3, 0.4) is 0 Å². The number of carbonyl (C=O) groups excluding carboxylic acids is 1. The smallest absolute Gasteiger partial charge is 0.308 e. The molecule has 1 N–H and O–H groups in total. The number of fused-ring (bicyclic) bond motifs is 1. The predicted octanol–water partition coefficient (Wildman–Crippen LogP) is 2.42. The maximum absolute atomic E-state index is 13.3. The van der Waals surface area contributed by atoms with Gasteiger partial charge in [-0.2, -0.15) is 0 Å². The summed E-state index contributed by atoms with van der Waals surface area (Å²) in [4.78, 5) is 29.0. The Morgan fingerprint density at radius 2 is 2.07 bits per heavy atom. The van der Waals surface area contributed by atoms with Crippen LogP contribution in [0, 0.1) is 11.3 Å². The van der Waals surface area contributed by atoms with Gasteiger partial charge in [0.25, 0.3) is 0 Å². The highest BCUT2D eigenvalue weighted by molar-refractivity contribution is 5.88. The van der Waals surface area contributed by atoms with Gasteiger partial charge in [-0.1, -0.05) is 12.1 Å². The van der Waals surface area contributed by atoms with Crippen LogP contribution >= 0.6 is 0 Å². The molecule has 4 aliphatic rings. The van der Waals surface area contributed by atoms with E-state index in [0.29, 0.717) is 19.5 Å². The van der Waals surface area contributed by atoms with Gasteiger partial charge in [0.2, 0.25) is 5.91 Å². The third-order valence-electron chi connectivity index (χ3n) is 7.20. The van der Waals surface area contributed by atoms with Gasteiger partial charge in [0, 0.05) is 26.1 Å². The molecule has 2 atom stereocenters. The molecular formula is C23H28N2O4. The van der Waals surface area contributed by atoms with Crippen molar-refractivity contribution in [3.63, 3.8) is 0 Å². The quantitative estimate of drug-likeness (QED) is 0.850. The standard InChI is InChI=1S/C23H28N2O4/c1-24-14-23(7-8-23)13-18(22(27)28)20(24)21(26)25-9-4-15(5-10-25)16-2-3-19-17(12-16)6-11-29-19/h2-4,12,18,20H,5-11,13-14H2,1H3,(H,27,28). The fourth-order valence-corrected chi connectivity index (χ4v) is 5.40. The van der Waals surface area contributed by atoms with Crippen LogP contribution in [0.2, 0.25) is 0 Å². The minimum absolute atomic E-state index is 0.0342. The molecule has 0 aromatic heterocycles. The molecule has 1 saturated heterocycles. The zero-order chi connectivity index (χ0) is 20.2. The molecule has 6 heteroatoms. The number of carboxylic acid groups (broad SMARTS) is 1. The Kier molecular flexibility index (Phi) is 4.42. The first-order valence-corrected chi connectivity index (χ1v) is 10.6. The molecule has 6 nitrogen and oxygen atoms in total. The first-order valence-electron chi connectivity index (χ1n) is 10.6. The van der Waals surface area contributed by atoms with Crippen LogP contribution in [0.15, 0.2) is 24.3 Å². The Balaban J connectivity index is 1.30. The first kappa shape index (κ1) is 18.7. The van der Waals surface area contributed by atoms with E-state index in [-0.39, 0.29) is 11.3 Å². The summed E-state index contributed by atoms with van der Waals surface area (Å²) in [7, 11) is 1.91. The van der Waals surface area contributed by atoms with E-state index in [1.807, 2.05) is 22.9 Å². The molecule has 0 radical (unpaired) electrons. The number of likely N-dealkylation sites (N-methyl/N-ethyl adjacent to an activating group) is 1. The molecule has 154 valence electrons. The number of carboxylic acids is 1. The first-order chi connectivity index (χ1) is 14.0. The van der Waals surface area contributed by atoms with E-state index in [9.17, 15) is 14.7 Å². The van der Waals surface area contributed by atoms with E-state index < -0.39 is 17.9 Å². The summed E-state index contributed by atoms with van der Waals surface area (Å²) in [6, 6.07) is 5.79. The van der Waals surface area contributed by atoms with E-state index >= 15 is 0 Å². The molecule has 1 aromatic carbocycles. The molecule has 1 amide bonds. The van der Waals surface area contributed by atoms with Crippen LogP contribution < -0.4 is 4.74 Å². The maximum Gasteiger partial charge on any atom is 0.308 e. The van der Waals surface area contributed by atoms with Crippen molar-refractivity contribution in [1.82, 2.24) is 9.80 Å². The predicted molar refractivity (Wildman–Crippen MR) is 109 cm³/mol. The summed E-state index contributed by atoms with van der Waals surface area (Å²) in [5, 5.41) is 9.78. The number of carbonyl (C=O) groups is 2. The van der Waals surface area contributed by atoms with Gasteiger partial charge in [0.05, 0.1) is 12.5 Å². The minimum Gasteiger partial charge on any atom is -0.493 e. The van der Waals surface area contributed by atoms with Gasteiger partial charge >= 0.3 is 5.97 Å². The molecule has 5 rings (SSSR count). The number of benzene rings is 1. The lowest BCUT2D eigenvalue weighted by atomic mass is 9.80. The van der Waals surface area contributed by atoms with Crippen molar-refractivity contribution < 1.29 is 19.4 Å². The highest BCUT2D eigenvalue weighted by atomic mass is 16.5. The van der Waals surface area contributed by atoms with Gasteiger partial charge < -0.3 is 14.7 Å². The number of amides is 1. The lowest BCUT2D eigenvalue weighted by Gasteiger charge is -2.43. The lowest BCUT2D eigenvalue weighted by molar-refractivity contribution is -0.155. The van der Waals surface area contributed by atoms with Crippen molar-refractivity contribution in [3.05, 3.63) is 35.4 Å². The molecule has 1 aromatic rings. The number of aliphatic carboxylic acids is 1. The highest BCUT2D eigenvalue weighted by Gasteiger charge is 2.55. The summed E-state index contributed by atoms with van der Waals surface area (Å²) in [5.41, 5.74) is 3.85. The fraction of sp³-hybridized carbons (Fsp3) is 0.565. The second-order valence-corrected chi connectivity index (χ2v) is 9.19. The molecular weight excluding hydrogens is 368 g/mol. The number of hydrogen-bond acceptors (Lipinski definition) is 4. The second kappa shape index (κ2) is 6.87. The van der Waals surface area contributed by atoms with Gasteiger partial charge in [-0.05, 0) is 67.0 Å². The molecule has 3 aliphatic heterocycles. The zero-order valence-corrected chi connectivity index (χ0v) is 16.9. The van der Waals surface area contributed by atoms with E-state index in [0.717, 1.165) is 44.6 Å². The van der Waals surface area contributed by atoms with Crippen LogP contribution in [0.5, 0.6) is 5.75 Å². The average molecular weight is 396 g/mol. The number of hydrogen-bond donors (Lipinski definition) is 1. The van der Waals surface area contributed by atoms with Crippen molar-refractivity contribution in [2.45, 2.75) is 38.1 Å². The van der Waals surface area contributed by atoms with E-state index in [4.69, 9.17) is 4.74 Å². The molecule has 2 fully saturated rings. The van der Waals surface area contributed by atoms with Crippen molar-refractivity contribution in [1.29, 1.82) is 0 Å². The van der Waals surface area contributed by atoms with Gasteiger partial charge in [0.15, 0.2) is 0 Å². The Hall–Kier alpha value is -2.34. The van der Waals surface area contributed by atoms with Gasteiger partial charge in [0.1, 0.15) is 11.8 Å². The Morgan fingerprint density at radius 1 is 1.24 bits per heavy atom. The van der Waals surface area contributed by atoms with Crippen LogP contribution in [0.25, 0.3) is 5.57 Å². The van der Waals surface area contributed by atoms with E-state index in [1.165, 1.54) is 16.7 Å². The average Bonchev–Trinajstić information content (AvgIpc) is 3.28. The van der Waals surface area contributed by atoms with Gasteiger partial charge in [-0.15, -0.1) is 0 Å². The van der Waals surface area contributed by atoms with Crippen LogP contribution in [-0.2, 0) is 16.0 Å². The lowest BCUT2D eigenvalue weighted by Crippen LogP contribution is -2.58. The molecule has 1 saturated carbocycles. The van der Waals surface area contributed by atoms with Crippen molar-refractivity contribution >= 4 is 17.4 Å². The molecule has 1 spiro atoms.